The summed E-state index contributed by atoms with van der Waals surface area (Å²) in [6.07, 6.45) is 1.82. The van der Waals surface area contributed by atoms with E-state index in [1.165, 1.54) is 5.75 Å². The van der Waals surface area contributed by atoms with Gasteiger partial charge in [0.2, 0.25) is 0 Å². The Bertz CT molecular complexity index is 90.6. The van der Waals surface area contributed by atoms with Gasteiger partial charge in [0.05, 0.1) is 6.10 Å². The number of aliphatic hydroxyl groups excluding tert-OH is 1. The lowest BCUT2D eigenvalue weighted by atomic mass is 10.2. The highest BCUT2D eigenvalue weighted by atomic mass is 32.2. The Hall–Kier alpha value is 0.270. The lowest BCUT2D eigenvalue weighted by molar-refractivity contribution is 0.161. The fourth-order valence-corrected chi connectivity index (χ4v) is 1.57. The Morgan fingerprint density at radius 2 is 2.17 bits per heavy atom. The van der Waals surface area contributed by atoms with Crippen molar-refractivity contribution in [2.75, 3.05) is 24.6 Å². The van der Waals surface area contributed by atoms with E-state index in [9.17, 15) is 5.11 Å². The van der Waals surface area contributed by atoms with Gasteiger partial charge in [-0.05, 0) is 12.2 Å². The molecule has 1 atom stereocenters. The van der Waals surface area contributed by atoms with E-state index in [0.29, 0.717) is 0 Å². The van der Waals surface area contributed by atoms with Crippen LogP contribution in [0.4, 0.5) is 0 Å². The van der Waals surface area contributed by atoms with Gasteiger partial charge in [-0.25, -0.2) is 0 Å². The van der Waals surface area contributed by atoms with Crippen LogP contribution in [0.2, 0.25) is 0 Å². The topological polar surface area (TPSA) is 32.3 Å². The van der Waals surface area contributed by atoms with Gasteiger partial charge in [-0.15, -0.1) is 0 Å². The molecule has 0 radical (unpaired) electrons. The third-order valence-electron chi connectivity index (χ3n) is 1.63. The summed E-state index contributed by atoms with van der Waals surface area (Å²) >= 11 is 1.93. The summed E-state index contributed by atoms with van der Waals surface area (Å²) in [5.74, 6) is 2.33. The minimum Gasteiger partial charge on any atom is -0.392 e. The Morgan fingerprint density at radius 3 is 2.75 bits per heavy atom. The van der Waals surface area contributed by atoms with Gasteiger partial charge in [-0.1, -0.05) is 20.3 Å². The number of rotatable bonds is 8. The molecule has 0 aromatic heterocycles. The molecule has 0 bridgehead atoms. The van der Waals surface area contributed by atoms with E-state index in [2.05, 4.69) is 19.2 Å². The molecule has 0 spiro atoms. The van der Waals surface area contributed by atoms with Crippen molar-refractivity contribution in [3.8, 4) is 0 Å². The van der Waals surface area contributed by atoms with E-state index < -0.39 is 0 Å². The van der Waals surface area contributed by atoms with Gasteiger partial charge in [0.25, 0.3) is 0 Å². The molecule has 0 saturated heterocycles. The van der Waals surface area contributed by atoms with E-state index in [4.69, 9.17) is 0 Å². The molecule has 12 heavy (non-hydrogen) atoms. The van der Waals surface area contributed by atoms with Crippen molar-refractivity contribution in [3.05, 3.63) is 0 Å². The maximum atomic E-state index is 9.34. The average molecular weight is 191 g/mol. The quantitative estimate of drug-likeness (QED) is 0.570. The number of nitrogens with one attached hydrogen (secondary N) is 1. The summed E-state index contributed by atoms with van der Waals surface area (Å²) in [5, 5.41) is 12.6. The summed E-state index contributed by atoms with van der Waals surface area (Å²) in [5.41, 5.74) is 0. The molecular weight excluding hydrogens is 170 g/mol. The highest BCUT2D eigenvalue weighted by molar-refractivity contribution is 7.99. The fourth-order valence-electron chi connectivity index (χ4n) is 0.993. The van der Waals surface area contributed by atoms with Gasteiger partial charge in [0.15, 0.2) is 0 Å². The van der Waals surface area contributed by atoms with E-state index in [1.54, 1.807) is 0 Å². The summed E-state index contributed by atoms with van der Waals surface area (Å²) < 4.78 is 0. The zero-order valence-electron chi connectivity index (χ0n) is 8.18. The van der Waals surface area contributed by atoms with Crippen molar-refractivity contribution >= 4 is 11.8 Å². The molecule has 74 valence electrons. The van der Waals surface area contributed by atoms with Crippen LogP contribution in [-0.4, -0.2) is 35.8 Å². The molecule has 0 fully saturated rings. The first kappa shape index (κ1) is 12.3. The van der Waals surface area contributed by atoms with Gasteiger partial charge in [-0.2, -0.15) is 11.8 Å². The maximum Gasteiger partial charge on any atom is 0.0664 e. The minimum absolute atomic E-state index is 0.151. The van der Waals surface area contributed by atoms with E-state index in [1.807, 2.05) is 11.8 Å². The number of hydrogen-bond donors (Lipinski definition) is 2. The highest BCUT2D eigenvalue weighted by Crippen LogP contribution is 1.96. The van der Waals surface area contributed by atoms with Crippen molar-refractivity contribution < 1.29 is 5.11 Å². The van der Waals surface area contributed by atoms with Gasteiger partial charge >= 0.3 is 0 Å². The van der Waals surface area contributed by atoms with Crippen LogP contribution in [0.1, 0.15) is 26.7 Å². The zero-order chi connectivity index (χ0) is 9.23. The number of hydrogen-bond acceptors (Lipinski definition) is 3. The first-order valence-corrected chi connectivity index (χ1v) is 5.93. The molecule has 2 N–H and O–H groups in total. The van der Waals surface area contributed by atoms with Gasteiger partial charge in [0.1, 0.15) is 0 Å². The summed E-state index contributed by atoms with van der Waals surface area (Å²) in [6, 6.07) is 0. The Balaban J connectivity index is 2.97. The van der Waals surface area contributed by atoms with Crippen LogP contribution >= 0.6 is 11.8 Å². The molecule has 0 aromatic carbocycles. The summed E-state index contributed by atoms with van der Waals surface area (Å²) in [7, 11) is 0. The third-order valence-corrected chi connectivity index (χ3v) is 2.53. The first-order chi connectivity index (χ1) is 5.81. The second-order valence-corrected chi connectivity index (χ2v) is 4.24. The molecule has 2 nitrogen and oxygen atoms in total. The Labute approximate surface area is 80.1 Å². The number of thioether (sulfide) groups is 1. The van der Waals surface area contributed by atoms with Crippen molar-refractivity contribution in [2.24, 2.45) is 0 Å². The van der Waals surface area contributed by atoms with Crippen molar-refractivity contribution in [1.29, 1.82) is 0 Å². The number of aliphatic hydroxyl groups is 1. The summed E-state index contributed by atoms with van der Waals surface area (Å²) in [4.78, 5) is 0. The zero-order valence-corrected chi connectivity index (χ0v) is 8.99. The molecule has 0 aliphatic heterocycles. The first-order valence-electron chi connectivity index (χ1n) is 4.77. The summed E-state index contributed by atoms with van der Waals surface area (Å²) in [6.45, 7) is 6.02. The van der Waals surface area contributed by atoms with Crippen LogP contribution in [0.25, 0.3) is 0 Å². The SMILES string of the molecule is CCCC(O)CNCCSCC. The Kier molecular flexibility index (Phi) is 9.57. The van der Waals surface area contributed by atoms with Crippen LogP contribution in [0.15, 0.2) is 0 Å². The van der Waals surface area contributed by atoms with E-state index >= 15 is 0 Å². The fraction of sp³-hybridized carbons (Fsp3) is 1.00. The van der Waals surface area contributed by atoms with Gasteiger partial charge in [-0.3, -0.25) is 0 Å². The highest BCUT2D eigenvalue weighted by Gasteiger charge is 1.99. The maximum absolute atomic E-state index is 9.34. The van der Waals surface area contributed by atoms with Crippen molar-refractivity contribution in [3.63, 3.8) is 0 Å². The lowest BCUT2D eigenvalue weighted by Gasteiger charge is -2.09. The monoisotopic (exact) mass is 191 g/mol. The molecule has 1 unspecified atom stereocenters. The van der Waals surface area contributed by atoms with Crippen molar-refractivity contribution in [2.45, 2.75) is 32.8 Å². The standard InChI is InChI=1S/C9H21NOS/c1-3-5-9(11)8-10-6-7-12-4-2/h9-11H,3-8H2,1-2H3. The van der Waals surface area contributed by atoms with Gasteiger partial charge < -0.3 is 10.4 Å². The molecule has 0 aliphatic carbocycles. The molecule has 0 saturated carbocycles. The molecule has 3 heteroatoms. The molecule has 0 aromatic rings. The predicted molar refractivity (Wildman–Crippen MR) is 56.8 cm³/mol. The van der Waals surface area contributed by atoms with Crippen LogP contribution in [0.5, 0.6) is 0 Å². The third kappa shape index (κ3) is 8.37. The Morgan fingerprint density at radius 1 is 1.42 bits per heavy atom. The molecule has 0 rings (SSSR count). The van der Waals surface area contributed by atoms with Crippen LogP contribution in [-0.2, 0) is 0 Å². The van der Waals surface area contributed by atoms with Gasteiger partial charge in [0, 0.05) is 18.8 Å². The lowest BCUT2D eigenvalue weighted by Crippen LogP contribution is -2.28. The normalized spacial score (nSPS) is 13.2. The predicted octanol–water partition coefficient (Wildman–Crippen LogP) is 1.49. The molecule has 0 heterocycles. The average Bonchev–Trinajstić information content (AvgIpc) is 2.05. The van der Waals surface area contributed by atoms with E-state index in [0.717, 1.165) is 31.7 Å². The molecular formula is C9H21NOS. The molecule has 0 amide bonds. The molecule has 0 aliphatic rings. The second kappa shape index (κ2) is 9.36. The van der Waals surface area contributed by atoms with Crippen LogP contribution in [0.3, 0.4) is 0 Å². The smallest absolute Gasteiger partial charge is 0.0664 e. The van der Waals surface area contributed by atoms with E-state index in [-0.39, 0.29) is 6.10 Å². The van der Waals surface area contributed by atoms with Crippen LogP contribution in [0, 0.1) is 0 Å². The van der Waals surface area contributed by atoms with Crippen molar-refractivity contribution in [1.82, 2.24) is 5.32 Å². The second-order valence-electron chi connectivity index (χ2n) is 2.84. The largest absolute Gasteiger partial charge is 0.392 e. The minimum atomic E-state index is -0.151. The van der Waals surface area contributed by atoms with Crippen LogP contribution < -0.4 is 5.32 Å².